The predicted octanol–water partition coefficient (Wildman–Crippen LogP) is 2.68. The van der Waals surface area contributed by atoms with Crippen molar-refractivity contribution in [2.45, 2.75) is 18.1 Å². The van der Waals surface area contributed by atoms with E-state index in [-0.39, 0.29) is 9.90 Å². The highest BCUT2D eigenvalue weighted by Crippen LogP contribution is 2.24. The number of thiophene rings is 1. The molecule has 0 aliphatic heterocycles. The number of carbonyl (C=O) groups is 1. The minimum atomic E-state index is -3.92. The molecule has 0 aliphatic rings. The molecule has 9 heteroatoms. The number of nitrogens with zero attached hydrogens (tertiary/aromatic N) is 2. The summed E-state index contributed by atoms with van der Waals surface area (Å²) in [5.74, 6) is -0.200. The van der Waals surface area contributed by atoms with Crippen molar-refractivity contribution in [3.8, 4) is 11.4 Å². The summed E-state index contributed by atoms with van der Waals surface area (Å²) in [6, 6.07) is 10.2. The topological polar surface area (TPSA) is 90.3 Å². The van der Waals surface area contributed by atoms with Crippen molar-refractivity contribution in [3.63, 3.8) is 0 Å². The SMILES string of the molecule is COc1ccc(C)cc1-n1ccc(C(=O)NS(=O)(=O)c2ccc(C)s2)n1. The fourth-order valence-corrected chi connectivity index (χ4v) is 4.58. The van der Waals surface area contributed by atoms with Gasteiger partial charge in [0.15, 0.2) is 5.69 Å². The van der Waals surface area contributed by atoms with E-state index < -0.39 is 15.9 Å². The number of nitrogens with one attached hydrogen (secondary N) is 1. The number of benzene rings is 1. The minimum absolute atomic E-state index is 0.00888. The Labute approximate surface area is 155 Å². The van der Waals surface area contributed by atoms with E-state index in [4.69, 9.17) is 4.74 Å². The molecule has 0 fully saturated rings. The Morgan fingerprint density at radius 2 is 1.96 bits per heavy atom. The Morgan fingerprint density at radius 3 is 2.62 bits per heavy atom. The first kappa shape index (κ1) is 18.2. The molecule has 0 bridgehead atoms. The number of amides is 1. The van der Waals surface area contributed by atoms with E-state index in [1.54, 1.807) is 32.4 Å². The molecule has 1 amide bonds. The van der Waals surface area contributed by atoms with Crippen molar-refractivity contribution in [2.75, 3.05) is 7.11 Å². The van der Waals surface area contributed by atoms with E-state index in [1.807, 2.05) is 23.8 Å². The average Bonchev–Trinajstić information content (AvgIpc) is 3.24. The van der Waals surface area contributed by atoms with Gasteiger partial charge in [-0.2, -0.15) is 5.10 Å². The number of aromatic nitrogens is 2. The Balaban J connectivity index is 1.86. The molecule has 0 spiro atoms. The van der Waals surface area contributed by atoms with Crippen LogP contribution in [-0.2, 0) is 10.0 Å². The van der Waals surface area contributed by atoms with Crippen molar-refractivity contribution >= 4 is 27.3 Å². The summed E-state index contributed by atoms with van der Waals surface area (Å²) >= 11 is 1.10. The fourth-order valence-electron chi connectivity index (χ4n) is 2.34. The predicted molar refractivity (Wildman–Crippen MR) is 98.6 cm³/mol. The van der Waals surface area contributed by atoms with Crippen LogP contribution in [0.25, 0.3) is 5.69 Å². The average molecular weight is 391 g/mol. The molecule has 3 rings (SSSR count). The molecule has 0 saturated carbocycles. The van der Waals surface area contributed by atoms with Crippen LogP contribution in [0.3, 0.4) is 0 Å². The molecule has 7 nitrogen and oxygen atoms in total. The first-order valence-electron chi connectivity index (χ1n) is 7.64. The standard InChI is InChI=1S/C17H17N3O4S2/c1-11-4-6-15(24-3)14(10-11)20-9-8-13(18-20)17(21)19-26(22,23)16-7-5-12(2)25-16/h4-10H,1-3H3,(H,19,21). The van der Waals surface area contributed by atoms with Crippen molar-refractivity contribution in [1.29, 1.82) is 0 Å². The van der Waals surface area contributed by atoms with Gasteiger partial charge in [0.25, 0.3) is 15.9 Å². The van der Waals surface area contributed by atoms with Gasteiger partial charge >= 0.3 is 0 Å². The van der Waals surface area contributed by atoms with E-state index in [0.717, 1.165) is 21.8 Å². The van der Waals surface area contributed by atoms with E-state index >= 15 is 0 Å². The van der Waals surface area contributed by atoms with Crippen LogP contribution in [0.1, 0.15) is 20.9 Å². The Bertz CT molecular complexity index is 1070. The quantitative estimate of drug-likeness (QED) is 0.722. The van der Waals surface area contributed by atoms with E-state index in [1.165, 1.54) is 16.8 Å². The first-order chi connectivity index (χ1) is 12.3. The van der Waals surface area contributed by atoms with E-state index in [2.05, 4.69) is 5.10 Å². The summed E-state index contributed by atoms with van der Waals surface area (Å²) in [5.41, 5.74) is 1.65. The van der Waals surface area contributed by atoms with Gasteiger partial charge in [0, 0.05) is 11.1 Å². The first-order valence-corrected chi connectivity index (χ1v) is 9.94. The van der Waals surface area contributed by atoms with Crippen molar-refractivity contribution < 1.29 is 17.9 Å². The third-order valence-corrected chi connectivity index (χ3v) is 6.43. The largest absolute Gasteiger partial charge is 0.494 e. The van der Waals surface area contributed by atoms with Crippen LogP contribution in [0.4, 0.5) is 0 Å². The van der Waals surface area contributed by atoms with Crippen molar-refractivity contribution in [3.05, 3.63) is 58.7 Å². The maximum atomic E-state index is 12.3. The Morgan fingerprint density at radius 1 is 1.19 bits per heavy atom. The molecule has 26 heavy (non-hydrogen) atoms. The van der Waals surface area contributed by atoms with Crippen LogP contribution in [0, 0.1) is 13.8 Å². The monoisotopic (exact) mass is 391 g/mol. The third-order valence-electron chi connectivity index (χ3n) is 3.61. The summed E-state index contributed by atoms with van der Waals surface area (Å²) in [5, 5.41) is 4.18. The Kier molecular flexibility index (Phi) is 4.84. The van der Waals surface area contributed by atoms with E-state index in [9.17, 15) is 13.2 Å². The molecule has 136 valence electrons. The summed E-state index contributed by atoms with van der Waals surface area (Å²) < 4.78 is 33.5. The second-order valence-electron chi connectivity index (χ2n) is 5.62. The minimum Gasteiger partial charge on any atom is -0.494 e. The van der Waals surface area contributed by atoms with Crippen LogP contribution in [0.15, 0.2) is 46.8 Å². The van der Waals surface area contributed by atoms with Crippen LogP contribution >= 0.6 is 11.3 Å². The van der Waals surface area contributed by atoms with Gasteiger partial charge in [-0.3, -0.25) is 4.79 Å². The fraction of sp³-hybridized carbons (Fsp3) is 0.176. The lowest BCUT2D eigenvalue weighted by Crippen LogP contribution is -2.30. The molecule has 0 atom stereocenters. The number of aryl methyl sites for hydroxylation is 2. The normalized spacial score (nSPS) is 11.3. The maximum absolute atomic E-state index is 12.3. The van der Waals surface area contributed by atoms with Gasteiger partial charge in [0.1, 0.15) is 15.6 Å². The number of ether oxygens (including phenoxy) is 1. The third kappa shape index (κ3) is 3.63. The van der Waals surface area contributed by atoms with Crippen LogP contribution < -0.4 is 9.46 Å². The van der Waals surface area contributed by atoms with Gasteiger partial charge < -0.3 is 4.74 Å². The molecule has 0 radical (unpaired) electrons. The van der Waals surface area contributed by atoms with Gasteiger partial charge in [-0.25, -0.2) is 17.8 Å². The van der Waals surface area contributed by atoms with Crippen LogP contribution in [0.2, 0.25) is 0 Å². The number of rotatable bonds is 5. The zero-order valence-electron chi connectivity index (χ0n) is 14.4. The second-order valence-corrected chi connectivity index (χ2v) is 8.82. The summed E-state index contributed by atoms with van der Waals surface area (Å²) in [7, 11) is -2.37. The number of hydrogen-bond donors (Lipinski definition) is 1. The van der Waals surface area contributed by atoms with Gasteiger partial charge in [-0.15, -0.1) is 11.3 Å². The highest BCUT2D eigenvalue weighted by Gasteiger charge is 2.22. The smallest absolute Gasteiger partial charge is 0.285 e. The summed E-state index contributed by atoms with van der Waals surface area (Å²) in [6.07, 6.45) is 1.58. The molecule has 2 heterocycles. The summed E-state index contributed by atoms with van der Waals surface area (Å²) in [6.45, 7) is 3.72. The second kappa shape index (κ2) is 6.93. The highest BCUT2D eigenvalue weighted by molar-refractivity contribution is 7.92. The van der Waals surface area contributed by atoms with Gasteiger partial charge in [0.2, 0.25) is 0 Å². The van der Waals surface area contributed by atoms with Crippen molar-refractivity contribution in [1.82, 2.24) is 14.5 Å². The molecule has 1 aromatic carbocycles. The molecular weight excluding hydrogens is 374 g/mol. The molecule has 2 aromatic heterocycles. The molecule has 0 aliphatic carbocycles. The van der Waals surface area contributed by atoms with Gasteiger partial charge in [-0.1, -0.05) is 6.07 Å². The molecule has 1 N–H and O–H groups in total. The lowest BCUT2D eigenvalue weighted by molar-refractivity contribution is 0.0976. The lowest BCUT2D eigenvalue weighted by atomic mass is 10.2. The zero-order valence-corrected chi connectivity index (χ0v) is 16.0. The number of hydrogen-bond acceptors (Lipinski definition) is 6. The molecule has 0 saturated heterocycles. The number of methoxy groups -OCH3 is 1. The molecule has 3 aromatic rings. The number of sulfonamides is 1. The molecular formula is C17H17N3O4S2. The maximum Gasteiger partial charge on any atom is 0.285 e. The summed E-state index contributed by atoms with van der Waals surface area (Å²) in [4.78, 5) is 13.2. The van der Waals surface area contributed by atoms with Crippen LogP contribution in [0.5, 0.6) is 5.75 Å². The Hall–Kier alpha value is -2.65. The zero-order chi connectivity index (χ0) is 18.9. The van der Waals surface area contributed by atoms with Crippen LogP contribution in [-0.4, -0.2) is 31.2 Å². The van der Waals surface area contributed by atoms with E-state index in [0.29, 0.717) is 11.4 Å². The highest BCUT2D eigenvalue weighted by atomic mass is 32.2. The van der Waals surface area contributed by atoms with Gasteiger partial charge in [0.05, 0.1) is 7.11 Å². The van der Waals surface area contributed by atoms with Crippen molar-refractivity contribution in [2.24, 2.45) is 0 Å². The lowest BCUT2D eigenvalue weighted by Gasteiger charge is -2.09. The number of carbonyl (C=O) groups excluding carboxylic acids is 1. The van der Waals surface area contributed by atoms with Gasteiger partial charge in [-0.05, 0) is 49.7 Å². The molecule has 0 unspecified atom stereocenters.